The lowest BCUT2D eigenvalue weighted by molar-refractivity contribution is -0.149. The molecule has 1 atom stereocenters. The highest BCUT2D eigenvalue weighted by atomic mass is 32.2. The summed E-state index contributed by atoms with van der Waals surface area (Å²) in [4.78, 5) is 11.4. The van der Waals surface area contributed by atoms with Gasteiger partial charge in [0.05, 0.1) is 6.61 Å². The highest BCUT2D eigenvalue weighted by Gasteiger charge is 2.28. The number of esters is 1. The number of unbranched alkanes of at least 4 members (excludes halogenated alkanes) is 1. The minimum Gasteiger partial charge on any atom is -0.465 e. The number of hydrogen-bond donors (Lipinski definition) is 1. The monoisotopic (exact) mass is 233 g/mol. The first-order chi connectivity index (χ1) is 7.04. The van der Waals surface area contributed by atoms with Gasteiger partial charge in [-0.1, -0.05) is 13.3 Å². The fraction of sp³-hybridized carbons (Fsp3) is 0.909. The van der Waals surface area contributed by atoms with Crippen LogP contribution in [0.15, 0.2) is 0 Å². The van der Waals surface area contributed by atoms with Crippen molar-refractivity contribution in [3.8, 4) is 0 Å². The zero-order valence-electron chi connectivity index (χ0n) is 10.0. The molecule has 0 fully saturated rings. The van der Waals surface area contributed by atoms with Crippen LogP contribution in [0.25, 0.3) is 0 Å². The summed E-state index contributed by atoms with van der Waals surface area (Å²) < 4.78 is 4.92. The first-order valence-corrected chi connectivity index (χ1v) is 6.74. The van der Waals surface area contributed by atoms with E-state index in [0.29, 0.717) is 13.0 Å². The van der Waals surface area contributed by atoms with Crippen LogP contribution in [0.4, 0.5) is 0 Å². The molecular formula is C11H23NO2S. The largest absolute Gasteiger partial charge is 0.465 e. The van der Waals surface area contributed by atoms with Crippen molar-refractivity contribution in [2.45, 2.75) is 45.6 Å². The summed E-state index contributed by atoms with van der Waals surface area (Å²) >= 11 is 1.92. The van der Waals surface area contributed by atoms with Crippen molar-refractivity contribution in [2.75, 3.05) is 18.1 Å². The minimum atomic E-state index is -0.813. The smallest absolute Gasteiger partial charge is 0.325 e. The molecule has 0 aliphatic carbocycles. The molecule has 90 valence electrons. The van der Waals surface area contributed by atoms with E-state index in [2.05, 4.69) is 6.92 Å². The third-order valence-electron chi connectivity index (χ3n) is 2.18. The van der Waals surface area contributed by atoms with Gasteiger partial charge < -0.3 is 10.5 Å². The molecular weight excluding hydrogens is 210 g/mol. The Hall–Kier alpha value is -0.220. The second-order valence-corrected chi connectivity index (χ2v) is 5.19. The topological polar surface area (TPSA) is 52.3 Å². The van der Waals surface area contributed by atoms with Crippen molar-refractivity contribution < 1.29 is 9.53 Å². The molecule has 0 heterocycles. The first kappa shape index (κ1) is 14.8. The molecule has 0 saturated carbocycles. The number of hydrogen-bond acceptors (Lipinski definition) is 4. The molecule has 0 aliphatic heterocycles. The van der Waals surface area contributed by atoms with Crippen molar-refractivity contribution in [3.63, 3.8) is 0 Å². The van der Waals surface area contributed by atoms with Crippen molar-refractivity contribution in [1.29, 1.82) is 0 Å². The summed E-state index contributed by atoms with van der Waals surface area (Å²) in [6.45, 7) is 6.09. The lowest BCUT2D eigenvalue weighted by Crippen LogP contribution is -2.46. The van der Waals surface area contributed by atoms with E-state index in [1.807, 2.05) is 11.8 Å². The Bertz CT molecular complexity index is 183. The Kier molecular flexibility index (Phi) is 7.88. The maximum absolute atomic E-state index is 11.4. The zero-order valence-corrected chi connectivity index (χ0v) is 10.9. The second kappa shape index (κ2) is 7.99. The average molecular weight is 233 g/mol. The minimum absolute atomic E-state index is 0.284. The van der Waals surface area contributed by atoms with Gasteiger partial charge in [-0.05, 0) is 38.2 Å². The Morgan fingerprint density at radius 1 is 1.40 bits per heavy atom. The van der Waals surface area contributed by atoms with Gasteiger partial charge in [0.1, 0.15) is 5.54 Å². The SMILES string of the molecule is CCOC(=O)C(C)(N)CCCCSCC. The lowest BCUT2D eigenvalue weighted by Gasteiger charge is -2.21. The maximum Gasteiger partial charge on any atom is 0.325 e. The van der Waals surface area contributed by atoms with E-state index in [-0.39, 0.29) is 5.97 Å². The van der Waals surface area contributed by atoms with Gasteiger partial charge in [-0.3, -0.25) is 4.79 Å². The van der Waals surface area contributed by atoms with Crippen molar-refractivity contribution in [3.05, 3.63) is 0 Å². The van der Waals surface area contributed by atoms with Gasteiger partial charge in [0.15, 0.2) is 0 Å². The van der Waals surface area contributed by atoms with Gasteiger partial charge in [-0.25, -0.2) is 0 Å². The standard InChI is InChI=1S/C11H23NO2S/c1-4-14-10(13)11(3,12)8-6-7-9-15-5-2/h4-9,12H2,1-3H3. The van der Waals surface area contributed by atoms with Gasteiger partial charge in [-0.2, -0.15) is 11.8 Å². The van der Waals surface area contributed by atoms with E-state index in [1.54, 1.807) is 13.8 Å². The third-order valence-corrected chi connectivity index (χ3v) is 3.17. The predicted molar refractivity (Wildman–Crippen MR) is 66.1 cm³/mol. The second-order valence-electron chi connectivity index (χ2n) is 3.79. The van der Waals surface area contributed by atoms with E-state index in [0.717, 1.165) is 24.3 Å². The Morgan fingerprint density at radius 3 is 2.60 bits per heavy atom. The van der Waals surface area contributed by atoms with E-state index < -0.39 is 5.54 Å². The Balaban J connectivity index is 3.68. The van der Waals surface area contributed by atoms with Crippen molar-refractivity contribution in [2.24, 2.45) is 5.73 Å². The molecule has 0 radical (unpaired) electrons. The number of ether oxygens (including phenoxy) is 1. The molecule has 0 aromatic carbocycles. The number of carbonyl (C=O) groups is 1. The summed E-state index contributed by atoms with van der Waals surface area (Å²) in [6.07, 6.45) is 2.81. The van der Waals surface area contributed by atoms with E-state index >= 15 is 0 Å². The molecule has 0 aromatic heterocycles. The highest BCUT2D eigenvalue weighted by molar-refractivity contribution is 7.99. The summed E-state index contributed by atoms with van der Waals surface area (Å²) in [5.74, 6) is 2.01. The van der Waals surface area contributed by atoms with Crippen LogP contribution in [0.5, 0.6) is 0 Å². The van der Waals surface area contributed by atoms with Gasteiger partial charge in [0.2, 0.25) is 0 Å². The predicted octanol–water partition coefficient (Wildman–Crippen LogP) is 2.19. The molecule has 0 amide bonds. The summed E-state index contributed by atoms with van der Waals surface area (Å²) in [5.41, 5.74) is 5.07. The van der Waals surface area contributed by atoms with Crippen molar-refractivity contribution in [1.82, 2.24) is 0 Å². The Morgan fingerprint density at radius 2 is 2.07 bits per heavy atom. The molecule has 3 nitrogen and oxygen atoms in total. The van der Waals surface area contributed by atoms with Gasteiger partial charge in [0.25, 0.3) is 0 Å². The molecule has 2 N–H and O–H groups in total. The van der Waals surface area contributed by atoms with Crippen molar-refractivity contribution >= 4 is 17.7 Å². The average Bonchev–Trinajstić information content (AvgIpc) is 2.18. The first-order valence-electron chi connectivity index (χ1n) is 5.58. The molecule has 15 heavy (non-hydrogen) atoms. The van der Waals surface area contributed by atoms with E-state index in [4.69, 9.17) is 10.5 Å². The lowest BCUT2D eigenvalue weighted by atomic mass is 9.96. The number of thioether (sulfide) groups is 1. The molecule has 0 aromatic rings. The summed E-state index contributed by atoms with van der Waals surface area (Å²) in [6, 6.07) is 0. The molecule has 0 bridgehead atoms. The molecule has 0 spiro atoms. The summed E-state index contributed by atoms with van der Waals surface area (Å²) in [5, 5.41) is 0. The fourth-order valence-corrected chi connectivity index (χ4v) is 1.94. The molecule has 1 unspecified atom stereocenters. The molecule has 0 saturated heterocycles. The molecule has 4 heteroatoms. The fourth-order valence-electron chi connectivity index (χ4n) is 1.24. The van der Waals surface area contributed by atoms with E-state index in [1.165, 1.54) is 0 Å². The van der Waals surface area contributed by atoms with Crippen LogP contribution >= 0.6 is 11.8 Å². The van der Waals surface area contributed by atoms with Gasteiger partial charge >= 0.3 is 5.97 Å². The van der Waals surface area contributed by atoms with Gasteiger partial charge in [-0.15, -0.1) is 0 Å². The molecule has 0 aliphatic rings. The highest BCUT2D eigenvalue weighted by Crippen LogP contribution is 2.14. The van der Waals surface area contributed by atoms with Crippen LogP contribution in [-0.4, -0.2) is 29.6 Å². The van der Waals surface area contributed by atoms with E-state index in [9.17, 15) is 4.79 Å². The normalized spacial score (nSPS) is 14.7. The summed E-state index contributed by atoms with van der Waals surface area (Å²) in [7, 11) is 0. The van der Waals surface area contributed by atoms with Crippen LogP contribution in [0.3, 0.4) is 0 Å². The maximum atomic E-state index is 11.4. The molecule has 0 rings (SSSR count). The Labute approximate surface area is 97.1 Å². The zero-order chi connectivity index (χ0) is 11.7. The third kappa shape index (κ3) is 6.79. The van der Waals surface area contributed by atoms with Crippen LogP contribution < -0.4 is 5.73 Å². The number of carbonyl (C=O) groups excluding carboxylic acids is 1. The van der Waals surface area contributed by atoms with Crippen LogP contribution in [0.1, 0.15) is 40.0 Å². The van der Waals surface area contributed by atoms with Crippen LogP contribution in [0, 0.1) is 0 Å². The number of nitrogens with two attached hydrogens (primary N) is 1. The quantitative estimate of drug-likeness (QED) is 0.516. The van der Waals surface area contributed by atoms with Crippen LogP contribution in [-0.2, 0) is 9.53 Å². The van der Waals surface area contributed by atoms with Crippen LogP contribution in [0.2, 0.25) is 0 Å². The number of rotatable bonds is 8. The van der Waals surface area contributed by atoms with Gasteiger partial charge in [0, 0.05) is 0 Å².